The van der Waals surface area contributed by atoms with Crippen LogP contribution < -0.4 is 15.1 Å². The number of hydrogen-bond donors (Lipinski definition) is 2. The summed E-state index contributed by atoms with van der Waals surface area (Å²) in [6.45, 7) is 3.01. The SMILES string of the molecule is O=[S@]1CCCc2nc(N3CCN(c4ncc(Cl)cn4)CC3)nc(NC3(CO)CCC3)c21. The normalized spacial score (nSPS) is 22.6. The molecule has 2 N–H and O–H groups in total. The number of aryl methyl sites for hydroxylation is 1. The zero-order chi connectivity index (χ0) is 21.4. The Morgan fingerprint density at radius 2 is 1.74 bits per heavy atom. The highest BCUT2D eigenvalue weighted by Crippen LogP contribution is 2.38. The fraction of sp³-hybridized carbons (Fsp3) is 0.600. The second-order valence-electron chi connectivity index (χ2n) is 8.39. The summed E-state index contributed by atoms with van der Waals surface area (Å²) >= 11 is 5.90. The molecule has 1 saturated heterocycles. The van der Waals surface area contributed by atoms with Gasteiger partial charge in [0.1, 0.15) is 10.7 Å². The lowest BCUT2D eigenvalue weighted by Gasteiger charge is -2.42. The van der Waals surface area contributed by atoms with Crippen LogP contribution in [0.15, 0.2) is 17.3 Å². The third-order valence-corrected chi connectivity index (χ3v) is 8.08. The maximum absolute atomic E-state index is 12.8. The average molecular weight is 464 g/mol. The molecule has 2 aromatic heterocycles. The molecule has 0 spiro atoms. The first-order chi connectivity index (χ1) is 15.1. The van der Waals surface area contributed by atoms with Crippen LogP contribution in [-0.2, 0) is 17.2 Å². The molecule has 4 heterocycles. The Labute approximate surface area is 188 Å². The maximum atomic E-state index is 12.8. The maximum Gasteiger partial charge on any atom is 0.227 e. The average Bonchev–Trinajstić information content (AvgIpc) is 2.77. The Morgan fingerprint density at radius 3 is 2.35 bits per heavy atom. The van der Waals surface area contributed by atoms with Crippen LogP contribution in [0.3, 0.4) is 0 Å². The molecule has 0 unspecified atom stereocenters. The van der Waals surface area contributed by atoms with E-state index in [1.165, 1.54) is 0 Å². The van der Waals surface area contributed by atoms with Crippen LogP contribution in [0.5, 0.6) is 0 Å². The van der Waals surface area contributed by atoms with Gasteiger partial charge in [0.25, 0.3) is 0 Å². The number of fused-ring (bicyclic) bond motifs is 1. The molecular formula is C20H26ClN7O2S. The number of rotatable bonds is 5. The third kappa shape index (κ3) is 4.08. The molecule has 0 aromatic carbocycles. The molecule has 0 radical (unpaired) electrons. The Kier molecular flexibility index (Phi) is 5.70. The first-order valence-electron chi connectivity index (χ1n) is 10.7. The second kappa shape index (κ2) is 8.48. The number of aromatic nitrogens is 4. The molecule has 166 valence electrons. The van der Waals surface area contributed by atoms with Gasteiger partial charge in [-0.3, -0.25) is 4.21 Å². The van der Waals surface area contributed by atoms with Gasteiger partial charge in [-0.1, -0.05) is 11.6 Å². The molecule has 3 aliphatic rings. The van der Waals surface area contributed by atoms with Gasteiger partial charge in [-0.15, -0.1) is 0 Å². The summed E-state index contributed by atoms with van der Waals surface area (Å²) in [6, 6.07) is 0. The number of halogens is 1. The van der Waals surface area contributed by atoms with Crippen LogP contribution in [0.4, 0.5) is 17.7 Å². The van der Waals surface area contributed by atoms with Crippen LogP contribution in [0.2, 0.25) is 5.02 Å². The minimum Gasteiger partial charge on any atom is -0.394 e. The number of piperazine rings is 1. The molecule has 31 heavy (non-hydrogen) atoms. The summed E-state index contributed by atoms with van der Waals surface area (Å²) in [5, 5.41) is 13.9. The van der Waals surface area contributed by atoms with Crippen LogP contribution in [-0.4, -0.2) is 73.3 Å². The third-order valence-electron chi connectivity index (χ3n) is 6.34. The topological polar surface area (TPSA) is 107 Å². The number of nitrogens with one attached hydrogen (secondary N) is 1. The van der Waals surface area contributed by atoms with Crippen molar-refractivity contribution < 1.29 is 9.32 Å². The van der Waals surface area contributed by atoms with Gasteiger partial charge in [-0.05, 0) is 32.1 Å². The molecule has 1 aliphatic carbocycles. The summed E-state index contributed by atoms with van der Waals surface area (Å²) in [4.78, 5) is 23.2. The van der Waals surface area contributed by atoms with Crippen molar-refractivity contribution in [2.75, 3.05) is 53.7 Å². The van der Waals surface area contributed by atoms with Crippen LogP contribution in [0.25, 0.3) is 0 Å². The summed E-state index contributed by atoms with van der Waals surface area (Å²) in [7, 11) is -1.11. The van der Waals surface area contributed by atoms with Crippen LogP contribution in [0.1, 0.15) is 31.4 Å². The van der Waals surface area contributed by atoms with Crippen molar-refractivity contribution >= 4 is 40.1 Å². The minimum atomic E-state index is -1.11. The largest absolute Gasteiger partial charge is 0.394 e. The number of anilines is 3. The molecule has 2 aliphatic heterocycles. The highest BCUT2D eigenvalue weighted by Gasteiger charge is 2.38. The fourth-order valence-corrected chi connectivity index (χ4v) is 5.78. The molecule has 1 atom stereocenters. The molecule has 2 fully saturated rings. The quantitative estimate of drug-likeness (QED) is 0.683. The predicted molar refractivity (Wildman–Crippen MR) is 120 cm³/mol. The predicted octanol–water partition coefficient (Wildman–Crippen LogP) is 1.63. The lowest BCUT2D eigenvalue weighted by Crippen LogP contribution is -2.49. The van der Waals surface area contributed by atoms with Gasteiger partial charge in [-0.25, -0.2) is 15.0 Å². The van der Waals surface area contributed by atoms with Crippen molar-refractivity contribution in [3.63, 3.8) is 0 Å². The van der Waals surface area contributed by atoms with Gasteiger partial charge in [0, 0.05) is 31.9 Å². The van der Waals surface area contributed by atoms with Crippen molar-refractivity contribution in [1.82, 2.24) is 19.9 Å². The fourth-order valence-electron chi connectivity index (χ4n) is 4.34. The standard InChI is InChI=1S/C20H26ClN7O2S/c21-14-11-22-18(23-12-14)27-6-8-28(9-7-27)19-24-15-3-1-10-31(30)16(15)17(25-19)26-20(13-29)4-2-5-20/h11-12,29H,1-10,13H2,(H,24,25,26)/t31-/m0/s1. The van der Waals surface area contributed by atoms with Crippen LogP contribution in [0, 0.1) is 0 Å². The molecule has 2 aromatic rings. The Hall–Kier alpha value is -2.04. The smallest absolute Gasteiger partial charge is 0.227 e. The van der Waals surface area contributed by atoms with E-state index in [-0.39, 0.29) is 12.1 Å². The van der Waals surface area contributed by atoms with Gasteiger partial charge < -0.3 is 20.2 Å². The Morgan fingerprint density at radius 1 is 1.06 bits per heavy atom. The number of nitrogens with zero attached hydrogens (tertiary/aromatic N) is 6. The minimum absolute atomic E-state index is 0.0491. The highest BCUT2D eigenvalue weighted by atomic mass is 35.5. The zero-order valence-electron chi connectivity index (χ0n) is 17.3. The Balaban J connectivity index is 1.39. The molecular weight excluding hydrogens is 438 g/mol. The van der Waals surface area contributed by atoms with E-state index in [9.17, 15) is 9.32 Å². The summed E-state index contributed by atoms with van der Waals surface area (Å²) < 4.78 is 12.8. The summed E-state index contributed by atoms with van der Waals surface area (Å²) in [5.74, 6) is 2.60. The van der Waals surface area contributed by atoms with Gasteiger partial charge in [0.05, 0.1) is 46.1 Å². The van der Waals surface area contributed by atoms with E-state index >= 15 is 0 Å². The highest BCUT2D eigenvalue weighted by molar-refractivity contribution is 7.85. The second-order valence-corrected chi connectivity index (χ2v) is 10.3. The lowest BCUT2D eigenvalue weighted by molar-refractivity contribution is 0.143. The summed E-state index contributed by atoms with van der Waals surface area (Å²) in [5.41, 5.74) is 0.513. The summed E-state index contributed by atoms with van der Waals surface area (Å²) in [6.07, 6.45) is 7.74. The zero-order valence-corrected chi connectivity index (χ0v) is 18.8. The van der Waals surface area contributed by atoms with Gasteiger partial charge in [-0.2, -0.15) is 4.98 Å². The van der Waals surface area contributed by atoms with Crippen LogP contribution >= 0.6 is 11.6 Å². The van der Waals surface area contributed by atoms with Gasteiger partial charge in [0.2, 0.25) is 11.9 Å². The van der Waals surface area contributed by atoms with Crippen molar-refractivity contribution in [1.29, 1.82) is 0 Å². The van der Waals surface area contributed by atoms with E-state index < -0.39 is 10.8 Å². The van der Waals surface area contributed by atoms with E-state index in [1.54, 1.807) is 12.4 Å². The monoisotopic (exact) mass is 463 g/mol. The van der Waals surface area contributed by atoms with Crippen molar-refractivity contribution in [2.24, 2.45) is 0 Å². The van der Waals surface area contributed by atoms with Crippen molar-refractivity contribution in [2.45, 2.75) is 42.5 Å². The molecule has 0 amide bonds. The van der Waals surface area contributed by atoms with Crippen molar-refractivity contribution in [3.05, 3.63) is 23.1 Å². The number of hydrogen-bond acceptors (Lipinski definition) is 9. The number of aliphatic hydroxyl groups is 1. The van der Waals surface area contributed by atoms with E-state index in [0.29, 0.717) is 28.5 Å². The number of aliphatic hydroxyl groups excluding tert-OH is 1. The first kappa shape index (κ1) is 20.8. The van der Waals surface area contributed by atoms with E-state index in [1.807, 2.05) is 0 Å². The van der Waals surface area contributed by atoms with E-state index in [0.717, 1.165) is 68.9 Å². The Bertz CT molecular complexity index is 973. The molecule has 11 heteroatoms. The lowest BCUT2D eigenvalue weighted by atomic mass is 9.77. The van der Waals surface area contributed by atoms with E-state index in [4.69, 9.17) is 21.6 Å². The molecule has 9 nitrogen and oxygen atoms in total. The molecule has 0 bridgehead atoms. The van der Waals surface area contributed by atoms with Gasteiger partial charge >= 0.3 is 0 Å². The van der Waals surface area contributed by atoms with E-state index in [2.05, 4.69) is 25.1 Å². The van der Waals surface area contributed by atoms with Gasteiger partial charge in [0.15, 0.2) is 0 Å². The van der Waals surface area contributed by atoms with Crippen molar-refractivity contribution in [3.8, 4) is 0 Å². The molecule has 1 saturated carbocycles. The molecule has 5 rings (SSSR count). The first-order valence-corrected chi connectivity index (χ1v) is 12.4.